The minimum Gasteiger partial charge on any atom is -0.381 e. The van der Waals surface area contributed by atoms with Gasteiger partial charge in [0, 0.05) is 64.0 Å². The van der Waals surface area contributed by atoms with Crippen LogP contribution in [0.5, 0.6) is 0 Å². The van der Waals surface area contributed by atoms with Crippen molar-refractivity contribution < 1.29 is 13.2 Å². The Balaban J connectivity index is 1.24. The van der Waals surface area contributed by atoms with Gasteiger partial charge in [-0.05, 0) is 44.1 Å². The molecule has 0 amide bonds. The molecule has 7 nitrogen and oxygen atoms in total. The van der Waals surface area contributed by atoms with E-state index >= 15 is 0 Å². The minimum atomic E-state index is -3.47. The number of ether oxygens (including phenoxy) is 1. The first-order valence-corrected chi connectivity index (χ1v) is 12.0. The first-order chi connectivity index (χ1) is 13.5. The van der Waals surface area contributed by atoms with Crippen LogP contribution < -0.4 is 0 Å². The summed E-state index contributed by atoms with van der Waals surface area (Å²) >= 11 is 0. The Morgan fingerprint density at radius 2 is 1.89 bits per heavy atom. The molecule has 3 aliphatic heterocycles. The van der Waals surface area contributed by atoms with Gasteiger partial charge in [0.25, 0.3) is 10.0 Å². The molecule has 0 N–H and O–H groups in total. The number of hydrogen-bond donors (Lipinski definition) is 0. The molecule has 0 saturated carbocycles. The number of likely N-dealkylation sites (tertiary alicyclic amines) is 1. The van der Waals surface area contributed by atoms with Crippen molar-refractivity contribution in [3.63, 3.8) is 0 Å². The van der Waals surface area contributed by atoms with Crippen LogP contribution in [-0.2, 0) is 21.8 Å². The largest absolute Gasteiger partial charge is 0.381 e. The summed E-state index contributed by atoms with van der Waals surface area (Å²) in [6.07, 6.45) is 8.83. The van der Waals surface area contributed by atoms with Crippen molar-refractivity contribution in [3.05, 3.63) is 17.8 Å². The molecule has 5 rings (SSSR count). The summed E-state index contributed by atoms with van der Waals surface area (Å²) in [7, 11) is -1.73. The van der Waals surface area contributed by atoms with Gasteiger partial charge in [-0.2, -0.15) is 9.40 Å². The predicted molar refractivity (Wildman–Crippen MR) is 106 cm³/mol. The fourth-order valence-electron chi connectivity index (χ4n) is 5.25. The van der Waals surface area contributed by atoms with Crippen LogP contribution in [0.4, 0.5) is 0 Å². The van der Waals surface area contributed by atoms with E-state index in [-0.39, 0.29) is 5.41 Å². The van der Waals surface area contributed by atoms with Crippen molar-refractivity contribution in [1.29, 1.82) is 0 Å². The van der Waals surface area contributed by atoms with Gasteiger partial charge in [-0.25, -0.2) is 8.42 Å². The van der Waals surface area contributed by atoms with Crippen LogP contribution in [0.3, 0.4) is 0 Å². The van der Waals surface area contributed by atoms with Crippen molar-refractivity contribution >= 4 is 15.6 Å². The maximum atomic E-state index is 13.2. The third-order valence-corrected chi connectivity index (χ3v) is 8.72. The summed E-state index contributed by atoms with van der Waals surface area (Å²) in [4.78, 5) is 2.52. The molecule has 8 heteroatoms. The molecule has 0 bridgehead atoms. The van der Waals surface area contributed by atoms with Crippen molar-refractivity contribution in [1.82, 2.24) is 19.0 Å². The van der Waals surface area contributed by atoms with Crippen LogP contribution in [0.2, 0.25) is 0 Å². The van der Waals surface area contributed by atoms with E-state index in [1.165, 1.54) is 12.0 Å². The van der Waals surface area contributed by atoms with E-state index < -0.39 is 10.0 Å². The second-order valence-corrected chi connectivity index (χ2v) is 10.9. The van der Waals surface area contributed by atoms with Crippen LogP contribution in [0.15, 0.2) is 17.2 Å². The number of rotatable bonds is 4. The monoisotopic (exact) mass is 406 g/mol. The Morgan fingerprint density at radius 3 is 2.57 bits per heavy atom. The molecular weight excluding hydrogens is 376 g/mol. The Hall–Kier alpha value is -1.22. The quantitative estimate of drug-likeness (QED) is 0.764. The first kappa shape index (κ1) is 18.8. The summed E-state index contributed by atoms with van der Waals surface area (Å²) in [6.45, 7) is 5.03. The fourth-order valence-corrected chi connectivity index (χ4v) is 7.03. The molecule has 0 aromatic carbocycles. The lowest BCUT2D eigenvalue weighted by molar-refractivity contribution is -0.116. The van der Waals surface area contributed by atoms with E-state index in [1.54, 1.807) is 22.1 Å². The van der Waals surface area contributed by atoms with Crippen molar-refractivity contribution in [2.24, 2.45) is 12.5 Å². The van der Waals surface area contributed by atoms with E-state index in [4.69, 9.17) is 4.74 Å². The molecule has 3 fully saturated rings. The highest BCUT2D eigenvalue weighted by Gasteiger charge is 2.56. The van der Waals surface area contributed by atoms with Gasteiger partial charge in [-0.15, -0.1) is 0 Å². The highest BCUT2D eigenvalue weighted by Crippen LogP contribution is 2.44. The van der Waals surface area contributed by atoms with Crippen LogP contribution in [0.1, 0.15) is 44.2 Å². The van der Waals surface area contributed by atoms with E-state index in [0.29, 0.717) is 24.2 Å². The maximum absolute atomic E-state index is 13.2. The van der Waals surface area contributed by atoms with Gasteiger partial charge in [-0.3, -0.25) is 9.58 Å². The lowest BCUT2D eigenvalue weighted by Crippen LogP contribution is -2.74. The molecule has 154 valence electrons. The second-order valence-electron chi connectivity index (χ2n) is 8.99. The average Bonchev–Trinajstić information content (AvgIpc) is 3.04. The number of nitrogens with zero attached hydrogens (tertiary/aromatic N) is 4. The zero-order chi connectivity index (χ0) is 19.4. The predicted octanol–water partition coefficient (Wildman–Crippen LogP) is 1.86. The molecule has 28 heavy (non-hydrogen) atoms. The molecule has 1 aromatic rings. The van der Waals surface area contributed by atoms with Gasteiger partial charge in [-0.1, -0.05) is 6.08 Å². The standard InChI is InChI=1S/C20H30N4O3S/c1-22-19(11-18(21-22)16-5-3-2-4-6-16)28(25,26)24-14-20(15-24)12-23(13-20)17-7-9-27-10-8-17/h5,11,17H,2-4,6-10,12-15H2,1H3. The number of hydrogen-bond acceptors (Lipinski definition) is 5. The van der Waals surface area contributed by atoms with Gasteiger partial charge in [0.15, 0.2) is 5.03 Å². The third-order valence-electron chi connectivity index (χ3n) is 6.87. The second kappa shape index (κ2) is 6.93. The number of sulfonamides is 1. The van der Waals surface area contributed by atoms with E-state index in [2.05, 4.69) is 16.1 Å². The molecule has 1 aliphatic carbocycles. The molecular formula is C20H30N4O3S. The van der Waals surface area contributed by atoms with E-state index in [9.17, 15) is 8.42 Å². The average molecular weight is 407 g/mol. The van der Waals surface area contributed by atoms with E-state index in [0.717, 1.165) is 64.1 Å². The van der Waals surface area contributed by atoms with Gasteiger partial charge in [0.05, 0.1) is 5.69 Å². The lowest BCUT2D eigenvalue weighted by Gasteiger charge is -2.61. The number of aryl methyl sites for hydroxylation is 1. The molecule has 4 aliphatic rings. The molecule has 0 unspecified atom stereocenters. The summed E-state index contributed by atoms with van der Waals surface area (Å²) in [5, 5.41) is 4.83. The Labute approximate surface area is 167 Å². The van der Waals surface area contributed by atoms with E-state index in [1.807, 2.05) is 0 Å². The van der Waals surface area contributed by atoms with Crippen molar-refractivity contribution in [2.45, 2.75) is 49.6 Å². The maximum Gasteiger partial charge on any atom is 0.260 e. The number of aromatic nitrogens is 2. The Morgan fingerprint density at radius 1 is 1.14 bits per heavy atom. The summed E-state index contributed by atoms with van der Waals surface area (Å²) in [6, 6.07) is 2.39. The summed E-state index contributed by atoms with van der Waals surface area (Å²) in [5.41, 5.74) is 2.18. The third kappa shape index (κ3) is 3.14. The first-order valence-electron chi connectivity index (χ1n) is 10.5. The van der Waals surface area contributed by atoms with Gasteiger partial charge < -0.3 is 4.74 Å². The smallest absolute Gasteiger partial charge is 0.260 e. The van der Waals surface area contributed by atoms with Crippen LogP contribution in [0.25, 0.3) is 5.57 Å². The highest BCUT2D eigenvalue weighted by atomic mass is 32.2. The van der Waals surface area contributed by atoms with Gasteiger partial charge in [0.2, 0.25) is 0 Å². The van der Waals surface area contributed by atoms with Crippen molar-refractivity contribution in [3.8, 4) is 0 Å². The lowest BCUT2D eigenvalue weighted by atomic mass is 9.73. The highest BCUT2D eigenvalue weighted by molar-refractivity contribution is 7.89. The van der Waals surface area contributed by atoms with Gasteiger partial charge in [0.1, 0.15) is 0 Å². The molecule has 0 radical (unpaired) electrons. The normalized spacial score (nSPS) is 26.7. The fraction of sp³-hybridized carbons (Fsp3) is 0.750. The zero-order valence-corrected chi connectivity index (χ0v) is 17.5. The van der Waals surface area contributed by atoms with Crippen molar-refractivity contribution in [2.75, 3.05) is 39.4 Å². The number of allylic oxidation sites excluding steroid dienone is 2. The SMILES string of the molecule is Cn1nc(C2=CCCCC2)cc1S(=O)(=O)N1CC2(CN(C3CCOCC3)C2)C1. The molecule has 1 spiro atoms. The molecule has 3 saturated heterocycles. The van der Waals surface area contributed by atoms with Gasteiger partial charge >= 0.3 is 0 Å². The molecule has 0 atom stereocenters. The molecule has 4 heterocycles. The van der Waals surface area contributed by atoms with Crippen LogP contribution in [0, 0.1) is 5.41 Å². The summed E-state index contributed by atoms with van der Waals surface area (Å²) in [5.74, 6) is 0. The van der Waals surface area contributed by atoms with Crippen LogP contribution in [-0.4, -0.2) is 72.8 Å². The van der Waals surface area contributed by atoms with Crippen LogP contribution >= 0.6 is 0 Å². The Kier molecular flexibility index (Phi) is 4.65. The topological polar surface area (TPSA) is 67.7 Å². The zero-order valence-electron chi connectivity index (χ0n) is 16.6. The minimum absolute atomic E-state index is 0.165. The summed E-state index contributed by atoms with van der Waals surface area (Å²) < 4.78 is 35.0. The molecule has 1 aromatic heterocycles. The Bertz CT molecular complexity index is 871.